The molecule has 0 aliphatic rings. The summed E-state index contributed by atoms with van der Waals surface area (Å²) in [6.07, 6.45) is 0. The number of oxazole rings is 1. The van der Waals surface area contributed by atoms with Crippen molar-refractivity contribution in [1.82, 2.24) is 4.98 Å². The van der Waals surface area contributed by atoms with Gasteiger partial charge in [0, 0.05) is 9.37 Å². The number of hydrogen-bond donors (Lipinski definition) is 1. The lowest BCUT2D eigenvalue weighted by atomic mass is 10.3. The molecule has 0 aliphatic heterocycles. The summed E-state index contributed by atoms with van der Waals surface area (Å²) < 4.78 is 18.8. The molecule has 0 aliphatic carbocycles. The van der Waals surface area contributed by atoms with Crippen molar-refractivity contribution in [3.63, 3.8) is 0 Å². The van der Waals surface area contributed by atoms with Gasteiger partial charge in [-0.25, -0.2) is 4.98 Å². The summed E-state index contributed by atoms with van der Waals surface area (Å²) in [4.78, 5) is 5.03. The predicted molar refractivity (Wildman–Crippen MR) is 82.7 cm³/mol. The third kappa shape index (κ3) is 2.62. The number of fused-ring (bicyclic) bond motifs is 1. The number of para-hydroxylation sites is 1. The summed E-state index contributed by atoms with van der Waals surface area (Å²) >= 11 is 3.36. The largest absolute Gasteiger partial charge is 0.440 e. The van der Waals surface area contributed by atoms with Gasteiger partial charge in [0.25, 0.3) is 0 Å². The van der Waals surface area contributed by atoms with E-state index in [1.165, 1.54) is 0 Å². The number of nitrogens with two attached hydrogens (primary N) is 1. The van der Waals surface area contributed by atoms with E-state index in [2.05, 4.69) is 20.9 Å². The number of rotatable bonds is 3. The monoisotopic (exact) mass is 350 g/mol. The highest BCUT2D eigenvalue weighted by atomic mass is 79.9. The molecule has 0 amide bonds. The van der Waals surface area contributed by atoms with Gasteiger partial charge in [0.2, 0.25) is 5.89 Å². The van der Waals surface area contributed by atoms with Crippen LogP contribution in [0.3, 0.4) is 0 Å². The maximum Gasteiger partial charge on any atom is 0.208 e. The van der Waals surface area contributed by atoms with E-state index in [0.717, 1.165) is 9.37 Å². The van der Waals surface area contributed by atoms with Gasteiger partial charge in [-0.1, -0.05) is 28.1 Å². The predicted octanol–water partition coefficient (Wildman–Crippen LogP) is 3.48. The van der Waals surface area contributed by atoms with Gasteiger partial charge in [-0.2, -0.15) is 0 Å². The van der Waals surface area contributed by atoms with Gasteiger partial charge in [0.15, 0.2) is 5.58 Å². The topological polar surface area (TPSA) is 69.1 Å². The molecule has 0 saturated heterocycles. The molecule has 0 spiro atoms. The van der Waals surface area contributed by atoms with Crippen LogP contribution in [0.5, 0.6) is 0 Å². The van der Waals surface area contributed by atoms with Crippen LogP contribution in [0.4, 0.5) is 5.69 Å². The van der Waals surface area contributed by atoms with Gasteiger partial charge in [-0.05, 0) is 30.3 Å². The van der Waals surface area contributed by atoms with E-state index < -0.39 is 10.8 Å². The Morgan fingerprint density at radius 3 is 2.80 bits per heavy atom. The van der Waals surface area contributed by atoms with Crippen LogP contribution in [0.2, 0.25) is 0 Å². The minimum atomic E-state index is -1.21. The molecule has 0 saturated carbocycles. The van der Waals surface area contributed by atoms with Crippen molar-refractivity contribution in [3.05, 3.63) is 52.8 Å². The van der Waals surface area contributed by atoms with Gasteiger partial charge >= 0.3 is 0 Å². The van der Waals surface area contributed by atoms with Gasteiger partial charge in [-0.3, -0.25) is 4.21 Å². The third-order valence-corrected chi connectivity index (χ3v) is 4.59. The number of anilines is 1. The molecule has 3 aromatic rings. The maximum absolute atomic E-state index is 12.3. The molecular formula is C14H11BrN2O2S. The van der Waals surface area contributed by atoms with E-state index in [9.17, 15) is 4.21 Å². The molecule has 3 rings (SSSR count). The van der Waals surface area contributed by atoms with E-state index in [1.54, 1.807) is 18.2 Å². The second-order valence-corrected chi connectivity index (χ2v) is 6.62. The Kier molecular flexibility index (Phi) is 3.58. The van der Waals surface area contributed by atoms with Gasteiger partial charge in [0.05, 0.1) is 16.5 Å². The highest BCUT2D eigenvalue weighted by Gasteiger charge is 2.12. The quantitative estimate of drug-likeness (QED) is 0.734. The van der Waals surface area contributed by atoms with Crippen molar-refractivity contribution in [2.75, 3.05) is 5.73 Å². The van der Waals surface area contributed by atoms with Gasteiger partial charge in [-0.15, -0.1) is 0 Å². The van der Waals surface area contributed by atoms with E-state index in [0.29, 0.717) is 22.7 Å². The van der Waals surface area contributed by atoms with Crippen LogP contribution >= 0.6 is 15.9 Å². The van der Waals surface area contributed by atoms with E-state index in [-0.39, 0.29) is 5.75 Å². The summed E-state index contributed by atoms with van der Waals surface area (Å²) in [7, 11) is -1.21. The number of nitrogen functional groups attached to an aromatic ring is 1. The molecule has 20 heavy (non-hydrogen) atoms. The van der Waals surface area contributed by atoms with Crippen LogP contribution in [0.25, 0.3) is 11.1 Å². The van der Waals surface area contributed by atoms with Crippen LogP contribution in [-0.2, 0) is 16.6 Å². The summed E-state index contributed by atoms with van der Waals surface area (Å²) in [5.74, 6) is 0.654. The lowest BCUT2D eigenvalue weighted by Gasteiger charge is -1.99. The standard InChI is InChI=1S/C14H11BrN2O2S/c15-9-3-1-4-10(7-9)20(18)8-13-17-14-11(16)5-2-6-12(14)19-13/h1-7H,8,16H2. The number of halogens is 1. The number of benzene rings is 2. The molecule has 1 aromatic heterocycles. The fraction of sp³-hybridized carbons (Fsp3) is 0.0714. The molecule has 2 aromatic carbocycles. The maximum atomic E-state index is 12.3. The zero-order valence-corrected chi connectivity index (χ0v) is 12.8. The second kappa shape index (κ2) is 5.38. The first kappa shape index (κ1) is 13.3. The van der Waals surface area contributed by atoms with Crippen LogP contribution in [0.1, 0.15) is 5.89 Å². The Labute approximate surface area is 126 Å². The highest BCUT2D eigenvalue weighted by molar-refractivity contribution is 9.10. The molecule has 102 valence electrons. The van der Waals surface area contributed by atoms with Crippen molar-refractivity contribution in [2.45, 2.75) is 10.6 Å². The zero-order chi connectivity index (χ0) is 14.1. The normalized spacial score (nSPS) is 12.7. The van der Waals surface area contributed by atoms with Crippen molar-refractivity contribution < 1.29 is 8.63 Å². The molecule has 1 heterocycles. The molecule has 1 atom stereocenters. The fourth-order valence-electron chi connectivity index (χ4n) is 1.88. The lowest BCUT2D eigenvalue weighted by molar-refractivity contribution is 0.552. The molecule has 0 fully saturated rings. The molecule has 1 unspecified atom stereocenters. The van der Waals surface area contributed by atoms with Gasteiger partial charge in [0.1, 0.15) is 11.3 Å². The molecule has 0 bridgehead atoms. The average Bonchev–Trinajstić information content (AvgIpc) is 2.83. The third-order valence-electron chi connectivity index (χ3n) is 2.81. The highest BCUT2D eigenvalue weighted by Crippen LogP contribution is 2.23. The second-order valence-electron chi connectivity index (χ2n) is 4.25. The smallest absolute Gasteiger partial charge is 0.208 e. The number of nitrogens with zero attached hydrogens (tertiary/aromatic N) is 1. The molecule has 2 N–H and O–H groups in total. The van der Waals surface area contributed by atoms with Crippen molar-refractivity contribution in [1.29, 1.82) is 0 Å². The Balaban J connectivity index is 1.89. The summed E-state index contributed by atoms with van der Waals surface area (Å²) in [6, 6.07) is 12.7. The first-order chi connectivity index (χ1) is 9.63. The van der Waals surface area contributed by atoms with Crippen molar-refractivity contribution in [3.8, 4) is 0 Å². The Morgan fingerprint density at radius 1 is 1.25 bits per heavy atom. The van der Waals surface area contributed by atoms with Crippen molar-refractivity contribution >= 4 is 43.5 Å². The molecule has 6 heteroatoms. The van der Waals surface area contributed by atoms with Crippen molar-refractivity contribution in [2.24, 2.45) is 0 Å². The van der Waals surface area contributed by atoms with Crippen LogP contribution < -0.4 is 5.73 Å². The summed E-state index contributed by atoms with van der Waals surface area (Å²) in [5, 5.41) is 0. The van der Waals surface area contributed by atoms with E-state index in [4.69, 9.17) is 10.2 Å². The fourth-order valence-corrected chi connectivity index (χ4v) is 3.44. The molecular weight excluding hydrogens is 340 g/mol. The average molecular weight is 351 g/mol. The van der Waals surface area contributed by atoms with Crippen LogP contribution in [0.15, 0.2) is 56.2 Å². The first-order valence-corrected chi connectivity index (χ1v) is 8.02. The minimum Gasteiger partial charge on any atom is -0.440 e. The summed E-state index contributed by atoms with van der Waals surface area (Å²) in [6.45, 7) is 0. The van der Waals surface area contributed by atoms with E-state index >= 15 is 0 Å². The number of hydrogen-bond acceptors (Lipinski definition) is 4. The zero-order valence-electron chi connectivity index (χ0n) is 10.4. The molecule has 4 nitrogen and oxygen atoms in total. The Morgan fingerprint density at radius 2 is 2.05 bits per heavy atom. The SMILES string of the molecule is Nc1cccc2oc(CS(=O)c3cccc(Br)c3)nc12. The summed E-state index contributed by atoms with van der Waals surface area (Å²) in [5.41, 5.74) is 7.62. The Bertz CT molecular complexity index is 801. The lowest BCUT2D eigenvalue weighted by Crippen LogP contribution is -1.96. The van der Waals surface area contributed by atoms with Gasteiger partial charge < -0.3 is 10.2 Å². The molecule has 0 radical (unpaired) electrons. The number of aromatic nitrogens is 1. The minimum absolute atomic E-state index is 0.227. The van der Waals surface area contributed by atoms with Crippen LogP contribution in [0, 0.1) is 0 Å². The van der Waals surface area contributed by atoms with E-state index in [1.807, 2.05) is 24.3 Å². The Hall–Kier alpha value is -1.66. The van der Waals surface area contributed by atoms with Crippen LogP contribution in [-0.4, -0.2) is 9.19 Å². The first-order valence-electron chi connectivity index (χ1n) is 5.91.